The average molecular weight is 1060 g/mol. The SMILES string of the molecule is CCC(C)c1ccc(S(=O)(=O)[O-])cc1.CC[NH+]=C1C=CC(=C(c2ccc(N(CC)CC)cc2)c2ccc(N(CC)CC)cc2)c2ccccc21.O=S(=O)([O-])c1ccc2c(S(=O)(=O)[O-])cc(S(=O)(=O)[O-])cc2c1. The lowest BCUT2D eigenvalue weighted by Crippen LogP contribution is -2.72. The molecule has 7 rings (SSSR count). The zero-order valence-corrected chi connectivity index (χ0v) is 44.3. The maximum atomic E-state index is 11.2. The van der Waals surface area contributed by atoms with Crippen LogP contribution >= 0.6 is 0 Å². The van der Waals surface area contributed by atoms with E-state index >= 15 is 0 Å². The van der Waals surface area contributed by atoms with Crippen LogP contribution in [0.15, 0.2) is 159 Å². The van der Waals surface area contributed by atoms with Crippen LogP contribution in [0, 0.1) is 0 Å². The Balaban J connectivity index is 0.000000226. The molecule has 384 valence electrons. The Bertz CT molecular complexity index is 3360. The lowest BCUT2D eigenvalue weighted by atomic mass is 9.83. The Morgan fingerprint density at radius 3 is 1.40 bits per heavy atom. The zero-order valence-electron chi connectivity index (χ0n) is 41.0. The first kappa shape index (κ1) is 56.9. The summed E-state index contributed by atoms with van der Waals surface area (Å²) in [4.78, 5) is 5.36. The fraction of sp³-hybridized carbons (Fsp3) is 0.264. The third-order valence-electron chi connectivity index (χ3n) is 12.2. The normalized spacial score (nSPS) is 13.6. The summed E-state index contributed by atoms with van der Waals surface area (Å²) in [6.45, 7) is 20.1. The van der Waals surface area contributed by atoms with Crippen molar-refractivity contribution in [3.63, 3.8) is 0 Å². The van der Waals surface area contributed by atoms with E-state index in [9.17, 15) is 51.9 Å². The highest BCUT2D eigenvalue weighted by atomic mass is 32.2. The van der Waals surface area contributed by atoms with Crippen LogP contribution in [-0.4, -0.2) is 90.3 Å². The van der Waals surface area contributed by atoms with Crippen LogP contribution in [-0.2, 0) is 40.5 Å². The topological polar surface area (TPSA) is 249 Å². The van der Waals surface area contributed by atoms with Gasteiger partial charge in [0.2, 0.25) is 5.71 Å². The average Bonchev–Trinajstić information content (AvgIpc) is 3.35. The minimum atomic E-state index is -5.14. The molecule has 0 aromatic heterocycles. The number of rotatable bonds is 15. The summed E-state index contributed by atoms with van der Waals surface area (Å²) in [5, 5.41) is -0.668. The van der Waals surface area contributed by atoms with Crippen molar-refractivity contribution < 1.29 is 56.9 Å². The van der Waals surface area contributed by atoms with Crippen LogP contribution < -0.4 is 14.8 Å². The summed E-state index contributed by atoms with van der Waals surface area (Å²) >= 11 is 0. The first-order valence-corrected chi connectivity index (χ1v) is 28.9. The molecule has 0 fully saturated rings. The molecule has 6 aromatic rings. The standard InChI is InChI=1S/C33H39N3.C10H8O9S3.C10H14O3S/c1-6-34-32-24-23-31(29-13-11-12-14-30(29)32)33(25-15-19-27(20-16-25)35(7-2)8-3)26-17-21-28(22-18-26)36(9-4)10-5;11-20(12,13)7-1-2-9-6(3-7)4-8(21(14,15)16)5-10(9)22(17,18)19;1-3-8(2)9-4-6-10(7-5-9)14(11,12)13/h11-24H,6-10H2,1-5H3;1-5H,(H,11,12,13)(H,14,15,16)(H,17,18,19);4-8H,3H2,1-2H3,(H,11,12,13)/p-3. The highest BCUT2D eigenvalue weighted by Gasteiger charge is 2.23. The molecule has 15 nitrogen and oxygen atoms in total. The van der Waals surface area contributed by atoms with Crippen molar-refractivity contribution in [1.82, 2.24) is 0 Å². The van der Waals surface area contributed by atoms with Gasteiger partial charge in [0.05, 0.1) is 25.1 Å². The number of hydrogen-bond acceptors (Lipinski definition) is 14. The van der Waals surface area contributed by atoms with Crippen molar-refractivity contribution in [2.45, 2.75) is 80.4 Å². The predicted molar refractivity (Wildman–Crippen MR) is 278 cm³/mol. The van der Waals surface area contributed by atoms with Crippen molar-refractivity contribution in [3.05, 3.63) is 167 Å². The maximum Gasteiger partial charge on any atom is 0.206 e. The monoisotopic (exact) mass is 1060 g/mol. The Morgan fingerprint density at radius 2 is 0.972 bits per heavy atom. The smallest absolute Gasteiger partial charge is 0.206 e. The van der Waals surface area contributed by atoms with E-state index in [1.807, 2.05) is 0 Å². The van der Waals surface area contributed by atoms with E-state index in [2.05, 4.69) is 148 Å². The van der Waals surface area contributed by atoms with Crippen LogP contribution in [0.25, 0.3) is 21.9 Å². The maximum absolute atomic E-state index is 11.2. The number of anilines is 2. The second-order valence-corrected chi connectivity index (χ2v) is 22.0. The van der Waals surface area contributed by atoms with E-state index in [-0.39, 0.29) is 15.7 Å². The first-order chi connectivity index (χ1) is 33.9. The summed E-state index contributed by atoms with van der Waals surface area (Å²) < 4.78 is 131. The van der Waals surface area contributed by atoms with E-state index in [4.69, 9.17) is 0 Å². The minimum absolute atomic E-state index is 0.162. The predicted octanol–water partition coefficient (Wildman–Crippen LogP) is 7.45. The number of nitrogens with one attached hydrogen (secondary N) is 1. The van der Waals surface area contributed by atoms with Gasteiger partial charge in [-0.2, -0.15) is 0 Å². The second kappa shape index (κ2) is 24.1. The van der Waals surface area contributed by atoms with Gasteiger partial charge in [0, 0.05) is 43.6 Å². The molecule has 72 heavy (non-hydrogen) atoms. The summed E-state index contributed by atoms with van der Waals surface area (Å²) in [5.41, 5.74) is 12.3. The van der Waals surface area contributed by atoms with Gasteiger partial charge >= 0.3 is 0 Å². The number of benzene rings is 6. The van der Waals surface area contributed by atoms with E-state index < -0.39 is 55.2 Å². The van der Waals surface area contributed by atoms with Crippen LogP contribution in [0.2, 0.25) is 0 Å². The van der Waals surface area contributed by atoms with Crippen molar-refractivity contribution in [2.75, 3.05) is 42.5 Å². The van der Waals surface area contributed by atoms with Crippen molar-refractivity contribution >= 4 is 79.5 Å². The molecule has 1 atom stereocenters. The molecule has 1 N–H and O–H groups in total. The van der Waals surface area contributed by atoms with E-state index in [0.29, 0.717) is 24.1 Å². The third-order valence-corrected chi connectivity index (χ3v) is 15.6. The van der Waals surface area contributed by atoms with Gasteiger partial charge in [0.25, 0.3) is 0 Å². The molecule has 0 heterocycles. The van der Waals surface area contributed by atoms with Gasteiger partial charge in [-0.25, -0.2) is 38.7 Å². The molecule has 6 aromatic carbocycles. The highest BCUT2D eigenvalue weighted by Crippen LogP contribution is 2.38. The lowest BCUT2D eigenvalue weighted by Gasteiger charge is -2.24. The van der Waals surface area contributed by atoms with Gasteiger partial charge < -0.3 is 28.0 Å². The van der Waals surface area contributed by atoms with E-state index in [1.165, 1.54) is 62.6 Å². The number of hydrogen-bond donors (Lipinski definition) is 1. The molecular formula is C53H58N3O12S4-3. The first-order valence-electron chi connectivity index (χ1n) is 23.2. The molecular weight excluding hydrogens is 999 g/mol. The molecule has 0 aliphatic heterocycles. The van der Waals surface area contributed by atoms with Gasteiger partial charge in [-0.05, 0) is 164 Å². The Morgan fingerprint density at radius 1 is 0.514 bits per heavy atom. The molecule has 0 saturated carbocycles. The van der Waals surface area contributed by atoms with E-state index in [1.54, 1.807) is 12.1 Å². The van der Waals surface area contributed by atoms with Crippen LogP contribution in [0.5, 0.6) is 0 Å². The summed E-state index contributed by atoms with van der Waals surface area (Å²) in [6.07, 6.45) is 5.51. The van der Waals surface area contributed by atoms with Gasteiger partial charge in [-0.15, -0.1) is 0 Å². The molecule has 1 aliphatic carbocycles. The van der Waals surface area contributed by atoms with Crippen LogP contribution in [0.4, 0.5) is 11.4 Å². The van der Waals surface area contributed by atoms with E-state index in [0.717, 1.165) is 56.8 Å². The number of fused-ring (bicyclic) bond motifs is 2. The summed E-state index contributed by atoms with van der Waals surface area (Å²) in [5.74, 6) is 0.387. The van der Waals surface area contributed by atoms with Crippen molar-refractivity contribution in [2.24, 2.45) is 0 Å². The molecule has 1 unspecified atom stereocenters. The highest BCUT2D eigenvalue weighted by molar-refractivity contribution is 7.87. The van der Waals surface area contributed by atoms with Gasteiger partial charge in [0.15, 0.2) is 0 Å². The zero-order chi connectivity index (χ0) is 53.2. The quantitative estimate of drug-likeness (QED) is 0.0981. The number of nitrogens with zero attached hydrogens (tertiary/aromatic N) is 2. The fourth-order valence-electron chi connectivity index (χ4n) is 8.19. The van der Waals surface area contributed by atoms with Gasteiger partial charge in [-0.3, -0.25) is 0 Å². The number of allylic oxidation sites excluding steroid dienone is 3. The van der Waals surface area contributed by atoms with Gasteiger partial charge in [-0.1, -0.05) is 74.5 Å². The Hall–Kier alpha value is -6.03. The molecule has 1 aliphatic rings. The molecule has 0 saturated heterocycles. The molecule has 0 amide bonds. The van der Waals surface area contributed by atoms with Gasteiger partial charge in [0.1, 0.15) is 47.0 Å². The van der Waals surface area contributed by atoms with Crippen LogP contribution in [0.3, 0.4) is 0 Å². The van der Waals surface area contributed by atoms with Crippen molar-refractivity contribution in [3.8, 4) is 0 Å². The fourth-order valence-corrected chi connectivity index (χ4v) is 10.5. The molecule has 19 heteroatoms. The Labute approximate surface area is 424 Å². The molecule has 0 spiro atoms. The summed E-state index contributed by atoms with van der Waals surface area (Å²) in [7, 11) is -19.4. The van der Waals surface area contributed by atoms with Crippen LogP contribution in [0.1, 0.15) is 88.6 Å². The summed E-state index contributed by atoms with van der Waals surface area (Å²) in [6, 6.07) is 36.5. The largest absolute Gasteiger partial charge is 0.744 e. The minimum Gasteiger partial charge on any atom is -0.744 e. The third kappa shape index (κ3) is 14.1. The molecule has 0 bridgehead atoms. The Kier molecular flexibility index (Phi) is 19.1. The molecule has 0 radical (unpaired) electrons. The van der Waals surface area contributed by atoms with Crippen molar-refractivity contribution in [1.29, 1.82) is 0 Å². The second-order valence-electron chi connectivity index (χ2n) is 16.5. The lowest BCUT2D eigenvalue weighted by molar-refractivity contribution is -0.450.